The largest absolute Gasteiger partial charge is 0.489 e. The van der Waals surface area contributed by atoms with E-state index in [0.717, 1.165) is 22.6 Å². The average Bonchev–Trinajstić information content (AvgIpc) is 2.98. The minimum atomic E-state index is -0.0894. The molecule has 4 heteroatoms. The summed E-state index contributed by atoms with van der Waals surface area (Å²) in [6.45, 7) is 2.90. The van der Waals surface area contributed by atoms with Gasteiger partial charge in [-0.15, -0.1) is 0 Å². The Kier molecular flexibility index (Phi) is 5.19. The van der Waals surface area contributed by atoms with Crippen LogP contribution < -0.4 is 10.1 Å². The molecule has 0 spiro atoms. The summed E-state index contributed by atoms with van der Waals surface area (Å²) in [7, 11) is 1.89. The van der Waals surface area contributed by atoms with E-state index in [-0.39, 0.29) is 5.91 Å². The molecule has 1 amide bonds. The molecule has 128 valence electrons. The van der Waals surface area contributed by atoms with Gasteiger partial charge in [-0.1, -0.05) is 48.5 Å². The molecule has 1 aromatic heterocycles. The lowest BCUT2D eigenvalue weighted by molar-refractivity contribution is 0.0942. The summed E-state index contributed by atoms with van der Waals surface area (Å²) in [4.78, 5) is 12.4. The molecule has 0 atom stereocenters. The minimum Gasteiger partial charge on any atom is -0.489 e. The van der Waals surface area contributed by atoms with E-state index in [1.807, 2.05) is 85.3 Å². The fourth-order valence-electron chi connectivity index (χ4n) is 2.63. The van der Waals surface area contributed by atoms with Crippen molar-refractivity contribution in [3.8, 4) is 5.75 Å². The van der Waals surface area contributed by atoms with Crippen LogP contribution in [0.2, 0.25) is 0 Å². The number of ether oxygens (including phenoxy) is 1. The average molecular weight is 334 g/mol. The van der Waals surface area contributed by atoms with E-state index in [1.165, 1.54) is 0 Å². The predicted molar refractivity (Wildman–Crippen MR) is 98.5 cm³/mol. The molecule has 0 aliphatic carbocycles. The van der Waals surface area contributed by atoms with Crippen molar-refractivity contribution in [2.24, 2.45) is 7.05 Å². The molecule has 0 radical (unpaired) electrons. The number of nitrogens with one attached hydrogen (secondary N) is 1. The van der Waals surface area contributed by atoms with Crippen LogP contribution in [0.1, 0.15) is 27.3 Å². The number of aryl methyl sites for hydroxylation is 1. The van der Waals surface area contributed by atoms with E-state index in [4.69, 9.17) is 4.74 Å². The third-order valence-corrected chi connectivity index (χ3v) is 4.25. The number of rotatable bonds is 6. The predicted octanol–water partition coefficient (Wildman–Crippen LogP) is 3.84. The molecule has 3 aromatic rings. The van der Waals surface area contributed by atoms with Gasteiger partial charge in [-0.05, 0) is 30.7 Å². The maximum atomic E-state index is 12.4. The number of aromatic nitrogens is 1. The van der Waals surface area contributed by atoms with Gasteiger partial charge in [-0.2, -0.15) is 0 Å². The minimum absolute atomic E-state index is 0.0894. The zero-order valence-electron chi connectivity index (χ0n) is 14.5. The first kappa shape index (κ1) is 16.8. The van der Waals surface area contributed by atoms with Crippen LogP contribution in [0.3, 0.4) is 0 Å². The monoisotopic (exact) mass is 334 g/mol. The normalized spacial score (nSPS) is 10.5. The molecule has 0 aliphatic rings. The second-order valence-corrected chi connectivity index (χ2v) is 5.98. The molecule has 0 fully saturated rings. The van der Waals surface area contributed by atoms with E-state index in [2.05, 4.69) is 5.32 Å². The van der Waals surface area contributed by atoms with Crippen LogP contribution in [0.25, 0.3) is 0 Å². The standard InChI is InChI=1S/C21H22N2O2/c1-16-12-13-19(23(16)2)21(24)22-14-18-10-6-7-11-20(18)25-15-17-8-4-3-5-9-17/h3-13H,14-15H2,1-2H3,(H,22,24). The van der Waals surface area contributed by atoms with Gasteiger partial charge < -0.3 is 14.6 Å². The summed E-state index contributed by atoms with van der Waals surface area (Å²) < 4.78 is 7.81. The highest BCUT2D eigenvalue weighted by Crippen LogP contribution is 2.19. The Labute approximate surface area is 148 Å². The Bertz CT molecular complexity index is 853. The van der Waals surface area contributed by atoms with E-state index in [1.54, 1.807) is 0 Å². The quantitative estimate of drug-likeness (QED) is 0.744. The van der Waals surface area contributed by atoms with E-state index in [0.29, 0.717) is 18.8 Å². The van der Waals surface area contributed by atoms with Crippen LogP contribution >= 0.6 is 0 Å². The zero-order valence-corrected chi connectivity index (χ0v) is 14.5. The Morgan fingerprint density at radius 2 is 1.72 bits per heavy atom. The number of hydrogen-bond donors (Lipinski definition) is 1. The van der Waals surface area contributed by atoms with E-state index in [9.17, 15) is 4.79 Å². The number of benzene rings is 2. The lowest BCUT2D eigenvalue weighted by Crippen LogP contribution is -2.25. The van der Waals surface area contributed by atoms with Crippen molar-refractivity contribution < 1.29 is 9.53 Å². The number of amides is 1. The third kappa shape index (κ3) is 4.10. The number of para-hydroxylation sites is 1. The summed E-state index contributed by atoms with van der Waals surface area (Å²) in [5, 5.41) is 2.97. The maximum Gasteiger partial charge on any atom is 0.268 e. The molecular formula is C21H22N2O2. The van der Waals surface area contributed by atoms with Crippen molar-refractivity contribution in [1.82, 2.24) is 9.88 Å². The summed E-state index contributed by atoms with van der Waals surface area (Å²) in [6, 6.07) is 21.6. The zero-order chi connectivity index (χ0) is 17.6. The molecule has 25 heavy (non-hydrogen) atoms. The first-order chi connectivity index (χ1) is 12.1. The Morgan fingerprint density at radius 1 is 1.00 bits per heavy atom. The second-order valence-electron chi connectivity index (χ2n) is 5.98. The van der Waals surface area contributed by atoms with Crippen LogP contribution in [0, 0.1) is 6.92 Å². The van der Waals surface area contributed by atoms with Crippen molar-refractivity contribution in [1.29, 1.82) is 0 Å². The highest BCUT2D eigenvalue weighted by molar-refractivity contribution is 5.92. The molecule has 1 heterocycles. The fourth-order valence-corrected chi connectivity index (χ4v) is 2.63. The first-order valence-electron chi connectivity index (χ1n) is 8.30. The van der Waals surface area contributed by atoms with Gasteiger partial charge in [0.1, 0.15) is 18.1 Å². The highest BCUT2D eigenvalue weighted by Gasteiger charge is 2.11. The van der Waals surface area contributed by atoms with Gasteiger partial charge in [-0.3, -0.25) is 4.79 Å². The van der Waals surface area contributed by atoms with Gasteiger partial charge in [-0.25, -0.2) is 0 Å². The molecule has 0 unspecified atom stereocenters. The van der Waals surface area contributed by atoms with Crippen molar-refractivity contribution in [3.05, 3.63) is 89.2 Å². The smallest absolute Gasteiger partial charge is 0.268 e. The summed E-state index contributed by atoms with van der Waals surface area (Å²) in [5.41, 5.74) is 3.77. The SMILES string of the molecule is Cc1ccc(C(=O)NCc2ccccc2OCc2ccccc2)n1C. The van der Waals surface area contributed by atoms with Crippen molar-refractivity contribution in [2.75, 3.05) is 0 Å². The van der Waals surface area contributed by atoms with Gasteiger partial charge in [0.25, 0.3) is 5.91 Å². The molecule has 0 aliphatic heterocycles. The number of carbonyl (C=O) groups excluding carboxylic acids is 1. The van der Waals surface area contributed by atoms with Crippen LogP contribution in [0.4, 0.5) is 0 Å². The van der Waals surface area contributed by atoms with Gasteiger partial charge in [0.05, 0.1) is 0 Å². The number of nitrogens with zero attached hydrogens (tertiary/aromatic N) is 1. The van der Waals surface area contributed by atoms with E-state index >= 15 is 0 Å². The van der Waals surface area contributed by atoms with Crippen LogP contribution in [-0.4, -0.2) is 10.5 Å². The molecule has 0 saturated carbocycles. The van der Waals surface area contributed by atoms with Gasteiger partial charge in [0.2, 0.25) is 0 Å². The first-order valence-corrected chi connectivity index (χ1v) is 8.30. The van der Waals surface area contributed by atoms with Crippen molar-refractivity contribution in [2.45, 2.75) is 20.1 Å². The van der Waals surface area contributed by atoms with Gasteiger partial charge in [0.15, 0.2) is 0 Å². The number of carbonyl (C=O) groups is 1. The maximum absolute atomic E-state index is 12.4. The van der Waals surface area contributed by atoms with Crippen molar-refractivity contribution >= 4 is 5.91 Å². The summed E-state index contributed by atoms with van der Waals surface area (Å²) in [6.07, 6.45) is 0. The van der Waals surface area contributed by atoms with Gasteiger partial charge >= 0.3 is 0 Å². The van der Waals surface area contributed by atoms with Gasteiger partial charge in [0, 0.05) is 24.8 Å². The number of hydrogen-bond acceptors (Lipinski definition) is 2. The van der Waals surface area contributed by atoms with E-state index < -0.39 is 0 Å². The lowest BCUT2D eigenvalue weighted by atomic mass is 10.2. The fraction of sp³-hybridized carbons (Fsp3) is 0.190. The third-order valence-electron chi connectivity index (χ3n) is 4.25. The van der Waals surface area contributed by atoms with Crippen LogP contribution in [-0.2, 0) is 20.2 Å². The molecule has 1 N–H and O–H groups in total. The van der Waals surface area contributed by atoms with Crippen LogP contribution in [0.15, 0.2) is 66.7 Å². The molecule has 2 aromatic carbocycles. The molecule has 0 saturated heterocycles. The summed E-state index contributed by atoms with van der Waals surface area (Å²) in [5.74, 6) is 0.697. The molecule has 4 nitrogen and oxygen atoms in total. The topological polar surface area (TPSA) is 43.3 Å². The molecule has 3 rings (SSSR count). The van der Waals surface area contributed by atoms with Crippen LogP contribution in [0.5, 0.6) is 5.75 Å². The summed E-state index contributed by atoms with van der Waals surface area (Å²) >= 11 is 0. The second kappa shape index (κ2) is 7.71. The lowest BCUT2D eigenvalue weighted by Gasteiger charge is -2.13. The Hall–Kier alpha value is -3.01. The Balaban J connectivity index is 1.64. The Morgan fingerprint density at radius 3 is 2.44 bits per heavy atom. The highest BCUT2D eigenvalue weighted by atomic mass is 16.5. The van der Waals surface area contributed by atoms with Crippen molar-refractivity contribution in [3.63, 3.8) is 0 Å². The molecular weight excluding hydrogens is 312 g/mol. The molecule has 0 bridgehead atoms.